The van der Waals surface area contributed by atoms with E-state index in [4.69, 9.17) is 0 Å². The molecule has 0 saturated heterocycles. The lowest BCUT2D eigenvalue weighted by Crippen LogP contribution is -2.14. The summed E-state index contributed by atoms with van der Waals surface area (Å²) in [6.45, 7) is 1.97. The van der Waals surface area contributed by atoms with Crippen molar-refractivity contribution in [1.29, 1.82) is 0 Å². The van der Waals surface area contributed by atoms with E-state index < -0.39 is 0 Å². The molecule has 0 unspecified atom stereocenters. The van der Waals surface area contributed by atoms with Gasteiger partial charge in [0.2, 0.25) is 5.91 Å². The van der Waals surface area contributed by atoms with Gasteiger partial charge < -0.3 is 10.3 Å². The van der Waals surface area contributed by atoms with Crippen LogP contribution in [0.15, 0.2) is 66.0 Å². The summed E-state index contributed by atoms with van der Waals surface area (Å²) < 4.78 is 0. The van der Waals surface area contributed by atoms with Crippen molar-refractivity contribution in [2.24, 2.45) is 0 Å². The van der Waals surface area contributed by atoms with Gasteiger partial charge in [-0.25, -0.2) is 4.98 Å². The van der Waals surface area contributed by atoms with Crippen LogP contribution in [-0.2, 0) is 4.79 Å². The third-order valence-corrected chi connectivity index (χ3v) is 4.28. The maximum atomic E-state index is 12.0. The monoisotopic (exact) mass is 323 g/mol. The van der Waals surface area contributed by atoms with Crippen LogP contribution in [0.25, 0.3) is 11.3 Å². The van der Waals surface area contributed by atoms with Crippen molar-refractivity contribution in [3.05, 3.63) is 66.4 Å². The number of aromatic amines is 1. The summed E-state index contributed by atoms with van der Waals surface area (Å²) in [6.07, 6.45) is 1.79. The highest BCUT2D eigenvalue weighted by atomic mass is 32.2. The van der Waals surface area contributed by atoms with Gasteiger partial charge in [-0.05, 0) is 24.1 Å². The number of amides is 1. The Morgan fingerprint density at radius 3 is 2.65 bits per heavy atom. The molecule has 5 heteroatoms. The predicted octanol–water partition coefficient (Wildman–Crippen LogP) is 4.12. The Morgan fingerprint density at radius 2 is 1.87 bits per heavy atom. The van der Waals surface area contributed by atoms with Crippen LogP contribution in [0, 0.1) is 6.92 Å². The molecule has 0 atom stereocenters. The van der Waals surface area contributed by atoms with Crippen molar-refractivity contribution in [3.8, 4) is 11.3 Å². The largest absolute Gasteiger partial charge is 0.333 e. The fraction of sp³-hybridized carbons (Fsp3) is 0.111. The molecule has 0 aliphatic carbocycles. The lowest BCUT2D eigenvalue weighted by atomic mass is 10.2. The maximum absolute atomic E-state index is 12.0. The minimum absolute atomic E-state index is 0.0399. The molecule has 0 bridgehead atoms. The van der Waals surface area contributed by atoms with Gasteiger partial charge in [0.1, 0.15) is 0 Å². The van der Waals surface area contributed by atoms with Gasteiger partial charge in [0, 0.05) is 5.69 Å². The molecule has 0 fully saturated rings. The van der Waals surface area contributed by atoms with Crippen LogP contribution in [0.3, 0.4) is 0 Å². The Hall–Kier alpha value is -2.53. The number of hydrogen-bond acceptors (Lipinski definition) is 3. The number of para-hydroxylation sites is 1. The molecule has 0 aliphatic rings. The second-order valence-corrected chi connectivity index (χ2v) is 6.08. The fourth-order valence-electron chi connectivity index (χ4n) is 2.17. The van der Waals surface area contributed by atoms with Gasteiger partial charge in [0.05, 0.1) is 17.6 Å². The van der Waals surface area contributed by atoms with Crippen LogP contribution < -0.4 is 5.32 Å². The van der Waals surface area contributed by atoms with Gasteiger partial charge >= 0.3 is 0 Å². The first-order valence-electron chi connectivity index (χ1n) is 7.31. The van der Waals surface area contributed by atoms with Gasteiger partial charge in [0.25, 0.3) is 0 Å². The number of imidazole rings is 1. The predicted molar refractivity (Wildman–Crippen MR) is 94.6 cm³/mol. The van der Waals surface area contributed by atoms with E-state index in [1.54, 1.807) is 6.20 Å². The second-order valence-electron chi connectivity index (χ2n) is 5.12. The number of H-pyrrole nitrogens is 1. The lowest BCUT2D eigenvalue weighted by Gasteiger charge is -2.07. The quantitative estimate of drug-likeness (QED) is 0.695. The Morgan fingerprint density at radius 1 is 1.13 bits per heavy atom. The van der Waals surface area contributed by atoms with Gasteiger partial charge in [-0.3, -0.25) is 4.79 Å². The van der Waals surface area contributed by atoms with E-state index in [0.717, 1.165) is 27.7 Å². The van der Waals surface area contributed by atoms with Crippen LogP contribution in [-0.4, -0.2) is 21.6 Å². The molecule has 1 heterocycles. The SMILES string of the molecule is Cc1ccccc1NC(=O)CSc1ncc(-c2ccccc2)[nH]1. The van der Waals surface area contributed by atoms with E-state index in [9.17, 15) is 4.79 Å². The van der Waals surface area contributed by atoms with E-state index >= 15 is 0 Å². The number of carbonyl (C=O) groups is 1. The van der Waals surface area contributed by atoms with E-state index in [2.05, 4.69) is 15.3 Å². The Bertz CT molecular complexity index is 799. The number of rotatable bonds is 5. The molecule has 116 valence electrons. The van der Waals surface area contributed by atoms with Crippen LogP contribution in [0.1, 0.15) is 5.56 Å². The van der Waals surface area contributed by atoms with E-state index in [-0.39, 0.29) is 5.91 Å². The van der Waals surface area contributed by atoms with Crippen molar-refractivity contribution in [1.82, 2.24) is 9.97 Å². The first kappa shape index (κ1) is 15.4. The Labute approximate surface area is 139 Å². The minimum atomic E-state index is -0.0399. The smallest absolute Gasteiger partial charge is 0.234 e. The number of nitrogens with zero attached hydrogens (tertiary/aromatic N) is 1. The molecule has 2 N–H and O–H groups in total. The van der Waals surface area contributed by atoms with E-state index in [0.29, 0.717) is 5.75 Å². The normalized spacial score (nSPS) is 10.5. The molecular weight excluding hydrogens is 306 g/mol. The van der Waals surface area contributed by atoms with Crippen molar-refractivity contribution in [3.63, 3.8) is 0 Å². The average Bonchev–Trinajstić information content (AvgIpc) is 3.05. The zero-order valence-electron chi connectivity index (χ0n) is 12.7. The second kappa shape index (κ2) is 7.15. The van der Waals surface area contributed by atoms with Crippen molar-refractivity contribution < 1.29 is 4.79 Å². The zero-order valence-corrected chi connectivity index (χ0v) is 13.6. The number of thioether (sulfide) groups is 1. The van der Waals surface area contributed by atoms with Crippen molar-refractivity contribution in [2.45, 2.75) is 12.1 Å². The minimum Gasteiger partial charge on any atom is -0.333 e. The number of carbonyl (C=O) groups excluding carboxylic acids is 1. The van der Waals surface area contributed by atoms with Gasteiger partial charge in [-0.15, -0.1) is 0 Å². The van der Waals surface area contributed by atoms with Crippen LogP contribution in [0.5, 0.6) is 0 Å². The highest BCUT2D eigenvalue weighted by Gasteiger charge is 2.08. The summed E-state index contributed by atoms with van der Waals surface area (Å²) in [5.74, 6) is 0.276. The molecule has 0 spiro atoms. The number of hydrogen-bond donors (Lipinski definition) is 2. The van der Waals surface area contributed by atoms with Crippen LogP contribution in [0.4, 0.5) is 5.69 Å². The van der Waals surface area contributed by atoms with Gasteiger partial charge in [-0.1, -0.05) is 60.3 Å². The first-order chi connectivity index (χ1) is 11.2. The molecule has 0 aliphatic heterocycles. The molecular formula is C18H17N3OS. The molecule has 3 rings (SSSR count). The molecule has 4 nitrogen and oxygen atoms in total. The Balaban J connectivity index is 1.58. The average molecular weight is 323 g/mol. The summed E-state index contributed by atoms with van der Waals surface area (Å²) in [4.78, 5) is 19.6. The van der Waals surface area contributed by atoms with Crippen molar-refractivity contribution in [2.75, 3.05) is 11.1 Å². The van der Waals surface area contributed by atoms with Crippen LogP contribution >= 0.6 is 11.8 Å². The summed E-state index contributed by atoms with van der Waals surface area (Å²) in [7, 11) is 0. The summed E-state index contributed by atoms with van der Waals surface area (Å²) in [5.41, 5.74) is 3.93. The number of aryl methyl sites for hydroxylation is 1. The topological polar surface area (TPSA) is 57.8 Å². The molecule has 3 aromatic rings. The number of aromatic nitrogens is 2. The highest BCUT2D eigenvalue weighted by Crippen LogP contribution is 2.21. The maximum Gasteiger partial charge on any atom is 0.234 e. The summed E-state index contributed by atoms with van der Waals surface area (Å²) in [6, 6.07) is 17.7. The van der Waals surface area contributed by atoms with Gasteiger partial charge in [-0.2, -0.15) is 0 Å². The molecule has 0 radical (unpaired) electrons. The third kappa shape index (κ3) is 4.02. The first-order valence-corrected chi connectivity index (χ1v) is 8.29. The molecule has 1 amide bonds. The molecule has 1 aromatic heterocycles. The summed E-state index contributed by atoms with van der Waals surface area (Å²) >= 11 is 1.39. The molecule has 23 heavy (non-hydrogen) atoms. The number of anilines is 1. The number of nitrogens with one attached hydrogen (secondary N) is 2. The van der Waals surface area contributed by atoms with E-state index in [1.165, 1.54) is 11.8 Å². The number of benzene rings is 2. The highest BCUT2D eigenvalue weighted by molar-refractivity contribution is 7.99. The standard InChI is InChI=1S/C18H17N3OS/c1-13-7-5-6-10-15(13)20-17(22)12-23-18-19-11-16(21-18)14-8-3-2-4-9-14/h2-11H,12H2,1H3,(H,19,21)(H,20,22). The molecule has 0 saturated carbocycles. The van der Waals surface area contributed by atoms with Gasteiger partial charge in [0.15, 0.2) is 5.16 Å². The third-order valence-electron chi connectivity index (χ3n) is 3.40. The fourth-order valence-corrected chi connectivity index (χ4v) is 2.82. The summed E-state index contributed by atoms with van der Waals surface area (Å²) in [5, 5.41) is 3.66. The van der Waals surface area contributed by atoms with Crippen LogP contribution in [0.2, 0.25) is 0 Å². The Kier molecular flexibility index (Phi) is 4.78. The zero-order chi connectivity index (χ0) is 16.1. The lowest BCUT2D eigenvalue weighted by molar-refractivity contribution is -0.113. The van der Waals surface area contributed by atoms with Crippen molar-refractivity contribution >= 4 is 23.4 Å². The molecule has 2 aromatic carbocycles. The van der Waals surface area contributed by atoms with E-state index in [1.807, 2.05) is 61.5 Å².